The maximum atomic E-state index is 12.2. The summed E-state index contributed by atoms with van der Waals surface area (Å²) in [7, 11) is 0. The summed E-state index contributed by atoms with van der Waals surface area (Å²) in [5.74, 6) is 1.03. The van der Waals surface area contributed by atoms with E-state index in [0.29, 0.717) is 16.3 Å². The second-order valence-corrected chi connectivity index (χ2v) is 6.06. The molecule has 2 aromatic rings. The Kier molecular flexibility index (Phi) is 5.73. The first kappa shape index (κ1) is 15.9. The van der Waals surface area contributed by atoms with Gasteiger partial charge in [0.25, 0.3) is 5.91 Å². The van der Waals surface area contributed by atoms with Crippen LogP contribution in [0.3, 0.4) is 0 Å². The van der Waals surface area contributed by atoms with E-state index in [1.807, 2.05) is 6.92 Å². The fourth-order valence-electron chi connectivity index (χ4n) is 1.82. The first-order valence-electron chi connectivity index (χ1n) is 6.53. The average Bonchev–Trinajstić information content (AvgIpc) is 2.99. The number of thioether (sulfide) groups is 1. The molecule has 1 amide bonds. The SMILES string of the molecule is CCSc1cc(Cl)ccc1C(=O)NC[C@@H](O)c1ccco1. The highest BCUT2D eigenvalue weighted by molar-refractivity contribution is 7.99. The lowest BCUT2D eigenvalue weighted by Crippen LogP contribution is -2.28. The van der Waals surface area contributed by atoms with E-state index >= 15 is 0 Å². The van der Waals surface area contributed by atoms with E-state index in [0.717, 1.165) is 10.6 Å². The Morgan fingerprint density at radius 2 is 2.29 bits per heavy atom. The van der Waals surface area contributed by atoms with Gasteiger partial charge in [-0.05, 0) is 36.1 Å². The quantitative estimate of drug-likeness (QED) is 0.798. The molecular formula is C15H16ClNO3S. The van der Waals surface area contributed by atoms with Crippen LogP contribution in [-0.2, 0) is 0 Å². The number of benzene rings is 1. The molecule has 4 nitrogen and oxygen atoms in total. The third-order valence-corrected chi connectivity index (χ3v) is 3.99. The Morgan fingerprint density at radius 1 is 1.48 bits per heavy atom. The summed E-state index contributed by atoms with van der Waals surface area (Å²) in [5, 5.41) is 13.2. The molecule has 0 saturated heterocycles. The van der Waals surface area contributed by atoms with E-state index in [1.165, 1.54) is 6.26 Å². The lowest BCUT2D eigenvalue weighted by atomic mass is 10.2. The van der Waals surface area contributed by atoms with Crippen molar-refractivity contribution in [3.8, 4) is 0 Å². The minimum atomic E-state index is -0.862. The molecule has 1 heterocycles. The number of aliphatic hydroxyl groups is 1. The number of carbonyl (C=O) groups is 1. The summed E-state index contributed by atoms with van der Waals surface area (Å²) in [6.07, 6.45) is 0.619. The zero-order chi connectivity index (χ0) is 15.2. The Morgan fingerprint density at radius 3 is 2.95 bits per heavy atom. The highest BCUT2D eigenvalue weighted by Gasteiger charge is 2.15. The number of aliphatic hydroxyl groups excluding tert-OH is 1. The Bertz CT molecular complexity index is 601. The highest BCUT2D eigenvalue weighted by Crippen LogP contribution is 2.26. The van der Waals surface area contributed by atoms with Gasteiger partial charge < -0.3 is 14.8 Å². The van der Waals surface area contributed by atoms with Gasteiger partial charge in [-0.25, -0.2) is 0 Å². The molecule has 0 unspecified atom stereocenters. The normalized spacial score (nSPS) is 12.1. The van der Waals surface area contributed by atoms with E-state index < -0.39 is 6.10 Å². The summed E-state index contributed by atoms with van der Waals surface area (Å²) in [6.45, 7) is 2.10. The van der Waals surface area contributed by atoms with Crippen LogP contribution in [0.1, 0.15) is 29.1 Å². The molecule has 1 aromatic heterocycles. The summed E-state index contributed by atoms with van der Waals surface area (Å²) in [6, 6.07) is 8.49. The lowest BCUT2D eigenvalue weighted by molar-refractivity contribution is 0.0898. The van der Waals surface area contributed by atoms with Crippen LogP contribution in [0.2, 0.25) is 5.02 Å². The lowest BCUT2D eigenvalue weighted by Gasteiger charge is -2.12. The van der Waals surface area contributed by atoms with Crippen LogP contribution in [0, 0.1) is 0 Å². The molecule has 6 heteroatoms. The van der Waals surface area contributed by atoms with E-state index in [2.05, 4.69) is 5.32 Å². The molecule has 0 aliphatic rings. The monoisotopic (exact) mass is 325 g/mol. The van der Waals surface area contributed by atoms with Crippen molar-refractivity contribution in [2.24, 2.45) is 0 Å². The van der Waals surface area contributed by atoms with Gasteiger partial charge in [-0.15, -0.1) is 11.8 Å². The van der Waals surface area contributed by atoms with Crippen molar-refractivity contribution in [3.05, 3.63) is 52.9 Å². The summed E-state index contributed by atoms with van der Waals surface area (Å²) in [4.78, 5) is 13.0. The maximum Gasteiger partial charge on any atom is 0.252 e. The van der Waals surface area contributed by atoms with Crippen molar-refractivity contribution in [1.82, 2.24) is 5.32 Å². The van der Waals surface area contributed by atoms with Gasteiger partial charge >= 0.3 is 0 Å². The second kappa shape index (κ2) is 7.54. The largest absolute Gasteiger partial charge is 0.467 e. The molecule has 0 fully saturated rings. The average molecular weight is 326 g/mol. The number of halogens is 1. The minimum Gasteiger partial charge on any atom is -0.467 e. The van der Waals surface area contributed by atoms with E-state index in [4.69, 9.17) is 16.0 Å². The Balaban J connectivity index is 2.03. The van der Waals surface area contributed by atoms with Gasteiger partial charge in [0.2, 0.25) is 0 Å². The Labute approximate surface area is 132 Å². The summed E-state index contributed by atoms with van der Waals surface area (Å²) >= 11 is 7.50. The molecule has 112 valence electrons. The van der Waals surface area contributed by atoms with E-state index in [9.17, 15) is 9.90 Å². The molecule has 0 saturated carbocycles. The zero-order valence-electron chi connectivity index (χ0n) is 11.5. The molecule has 2 N–H and O–H groups in total. The van der Waals surface area contributed by atoms with Gasteiger partial charge in [0, 0.05) is 9.92 Å². The van der Waals surface area contributed by atoms with Crippen LogP contribution in [0.25, 0.3) is 0 Å². The molecule has 21 heavy (non-hydrogen) atoms. The predicted molar refractivity (Wildman–Crippen MR) is 83.9 cm³/mol. The van der Waals surface area contributed by atoms with Gasteiger partial charge in [0.05, 0.1) is 18.4 Å². The number of hydrogen-bond acceptors (Lipinski definition) is 4. The molecule has 0 aliphatic carbocycles. The predicted octanol–water partition coefficient (Wildman–Crippen LogP) is 3.51. The van der Waals surface area contributed by atoms with Gasteiger partial charge in [-0.3, -0.25) is 4.79 Å². The van der Waals surface area contributed by atoms with Gasteiger partial charge in [-0.1, -0.05) is 18.5 Å². The molecule has 0 aliphatic heterocycles. The molecular weight excluding hydrogens is 310 g/mol. The topological polar surface area (TPSA) is 62.5 Å². The number of carbonyl (C=O) groups excluding carboxylic acids is 1. The smallest absolute Gasteiger partial charge is 0.252 e. The minimum absolute atomic E-state index is 0.0885. The number of rotatable bonds is 6. The first-order chi connectivity index (χ1) is 10.1. The van der Waals surface area contributed by atoms with Crippen molar-refractivity contribution in [3.63, 3.8) is 0 Å². The number of nitrogens with one attached hydrogen (secondary N) is 1. The van der Waals surface area contributed by atoms with Crippen molar-refractivity contribution in [2.75, 3.05) is 12.3 Å². The third-order valence-electron chi connectivity index (χ3n) is 2.82. The molecule has 0 bridgehead atoms. The number of amides is 1. The first-order valence-corrected chi connectivity index (χ1v) is 7.90. The third kappa shape index (κ3) is 4.27. The molecule has 0 spiro atoms. The van der Waals surface area contributed by atoms with Crippen LogP contribution >= 0.6 is 23.4 Å². The molecule has 1 aromatic carbocycles. The van der Waals surface area contributed by atoms with E-state index in [1.54, 1.807) is 42.1 Å². The van der Waals surface area contributed by atoms with E-state index in [-0.39, 0.29) is 12.5 Å². The van der Waals surface area contributed by atoms with Crippen molar-refractivity contribution < 1.29 is 14.3 Å². The van der Waals surface area contributed by atoms with Gasteiger partial charge in [0.1, 0.15) is 11.9 Å². The van der Waals surface area contributed by atoms with Crippen LogP contribution in [-0.4, -0.2) is 23.3 Å². The summed E-state index contributed by atoms with van der Waals surface area (Å²) in [5.41, 5.74) is 0.554. The van der Waals surface area contributed by atoms with Gasteiger partial charge in [0.15, 0.2) is 0 Å². The van der Waals surface area contributed by atoms with Crippen molar-refractivity contribution in [2.45, 2.75) is 17.9 Å². The van der Waals surface area contributed by atoms with Crippen molar-refractivity contribution >= 4 is 29.3 Å². The summed E-state index contributed by atoms with van der Waals surface area (Å²) < 4.78 is 5.09. The molecule has 2 rings (SSSR count). The van der Waals surface area contributed by atoms with Crippen LogP contribution in [0.4, 0.5) is 0 Å². The van der Waals surface area contributed by atoms with Crippen LogP contribution < -0.4 is 5.32 Å². The molecule has 0 radical (unpaired) electrons. The fraction of sp³-hybridized carbons (Fsp3) is 0.267. The zero-order valence-corrected chi connectivity index (χ0v) is 13.1. The molecule has 1 atom stereocenters. The van der Waals surface area contributed by atoms with Gasteiger partial charge in [-0.2, -0.15) is 0 Å². The second-order valence-electron chi connectivity index (χ2n) is 4.31. The standard InChI is InChI=1S/C15H16ClNO3S/c1-2-21-14-8-10(16)5-6-11(14)15(19)17-9-12(18)13-4-3-7-20-13/h3-8,12,18H,2,9H2,1H3,(H,17,19)/t12-/m1/s1. The Hall–Kier alpha value is -1.43. The van der Waals surface area contributed by atoms with Crippen LogP contribution in [0.15, 0.2) is 45.9 Å². The maximum absolute atomic E-state index is 12.2. The number of hydrogen-bond donors (Lipinski definition) is 2. The number of furan rings is 1. The highest BCUT2D eigenvalue weighted by atomic mass is 35.5. The fourth-order valence-corrected chi connectivity index (χ4v) is 2.90. The van der Waals surface area contributed by atoms with Crippen LogP contribution in [0.5, 0.6) is 0 Å². The van der Waals surface area contributed by atoms with Crippen molar-refractivity contribution in [1.29, 1.82) is 0 Å².